The van der Waals surface area contributed by atoms with Crippen LogP contribution in [0.15, 0.2) is 41.8 Å². The first kappa shape index (κ1) is 31.9. The number of guanidine groups is 1. The number of rotatable bonds is 16. The van der Waals surface area contributed by atoms with Crippen molar-refractivity contribution in [2.45, 2.75) is 49.9 Å². The van der Waals surface area contributed by atoms with Crippen LogP contribution in [-0.4, -0.2) is 86.3 Å². The van der Waals surface area contributed by atoms with E-state index in [4.69, 9.17) is 17.2 Å². The molecule has 0 saturated heterocycles. The molecule has 0 fully saturated rings. The van der Waals surface area contributed by atoms with Gasteiger partial charge in [-0.05, 0) is 30.5 Å². The Morgan fingerprint density at radius 2 is 1.60 bits per heavy atom. The zero-order valence-electron chi connectivity index (χ0n) is 21.6. The Hall–Kier alpha value is -4.31. The van der Waals surface area contributed by atoms with Crippen molar-refractivity contribution in [2.24, 2.45) is 22.2 Å². The van der Waals surface area contributed by atoms with Gasteiger partial charge in [-0.1, -0.05) is 12.1 Å². The number of aliphatic imine (C=N–C) groups is 1. The molecular formula is C24H35N9O6S. The average molecular weight is 578 g/mol. The number of aliphatic carboxylic acids is 1. The maximum absolute atomic E-state index is 13.2. The molecule has 0 saturated carbocycles. The van der Waals surface area contributed by atoms with E-state index in [9.17, 15) is 29.4 Å². The van der Waals surface area contributed by atoms with Gasteiger partial charge in [-0.2, -0.15) is 12.6 Å². The van der Waals surface area contributed by atoms with Gasteiger partial charge < -0.3 is 48.3 Å². The molecule has 4 atom stereocenters. The Morgan fingerprint density at radius 3 is 2.17 bits per heavy atom. The predicted molar refractivity (Wildman–Crippen MR) is 149 cm³/mol. The molecule has 40 heavy (non-hydrogen) atoms. The van der Waals surface area contributed by atoms with Crippen LogP contribution in [0.25, 0.3) is 0 Å². The standard InChI is InChI=1S/C24H35N9O6S/c25-16(2-1-7-29-24(26)27)20(35)33-19(11-40)22(37)31-17(9-14-10-28-12-30-14)21(36)32-18(23(38)39)8-13-3-5-15(34)6-4-13/h3-6,10,12,16-19,34,40H,1-2,7-9,11,25H2,(H,28,30)(H,31,37)(H,32,36)(H,33,35)(H,38,39)(H4,26,27,29). The lowest BCUT2D eigenvalue weighted by atomic mass is 10.0. The summed E-state index contributed by atoms with van der Waals surface area (Å²) in [7, 11) is 0. The molecule has 0 bridgehead atoms. The number of nitrogens with two attached hydrogens (primary N) is 3. The molecule has 1 aromatic carbocycles. The zero-order chi connectivity index (χ0) is 29.7. The van der Waals surface area contributed by atoms with Crippen LogP contribution >= 0.6 is 12.6 Å². The molecule has 218 valence electrons. The van der Waals surface area contributed by atoms with Gasteiger partial charge in [0.05, 0.1) is 12.4 Å². The van der Waals surface area contributed by atoms with E-state index >= 15 is 0 Å². The second-order valence-electron chi connectivity index (χ2n) is 8.91. The highest BCUT2D eigenvalue weighted by Gasteiger charge is 2.30. The molecule has 3 amide bonds. The van der Waals surface area contributed by atoms with Crippen LogP contribution in [0.2, 0.25) is 0 Å². The molecule has 0 aliphatic heterocycles. The number of hydrogen-bond acceptors (Lipinski definition) is 9. The van der Waals surface area contributed by atoms with E-state index in [1.54, 1.807) is 0 Å². The average Bonchev–Trinajstić information content (AvgIpc) is 3.42. The number of thiol groups is 1. The van der Waals surface area contributed by atoms with Gasteiger partial charge in [0.25, 0.3) is 0 Å². The fourth-order valence-electron chi connectivity index (χ4n) is 3.56. The van der Waals surface area contributed by atoms with Crippen LogP contribution in [0.5, 0.6) is 5.75 Å². The Labute approximate surface area is 235 Å². The van der Waals surface area contributed by atoms with Gasteiger partial charge in [0, 0.05) is 37.0 Å². The van der Waals surface area contributed by atoms with Gasteiger partial charge in [0.15, 0.2) is 5.96 Å². The summed E-state index contributed by atoms with van der Waals surface area (Å²) in [5, 5.41) is 26.7. The Balaban J connectivity index is 2.08. The molecule has 4 unspecified atom stereocenters. The lowest BCUT2D eigenvalue weighted by Gasteiger charge is -2.24. The number of aromatic amines is 1. The lowest BCUT2D eigenvalue weighted by molar-refractivity contribution is -0.142. The smallest absolute Gasteiger partial charge is 0.326 e. The number of benzene rings is 1. The molecular weight excluding hydrogens is 542 g/mol. The van der Waals surface area contributed by atoms with Gasteiger partial charge in [-0.25, -0.2) is 9.78 Å². The summed E-state index contributed by atoms with van der Waals surface area (Å²) in [4.78, 5) is 61.2. The second-order valence-corrected chi connectivity index (χ2v) is 9.28. The fourth-order valence-corrected chi connectivity index (χ4v) is 3.82. The van der Waals surface area contributed by atoms with E-state index in [1.165, 1.54) is 36.8 Å². The highest BCUT2D eigenvalue weighted by molar-refractivity contribution is 7.80. The number of nitrogens with zero attached hydrogens (tertiary/aromatic N) is 2. The van der Waals surface area contributed by atoms with Gasteiger partial charge in [-0.15, -0.1) is 0 Å². The highest BCUT2D eigenvalue weighted by Crippen LogP contribution is 2.12. The van der Waals surface area contributed by atoms with Crippen molar-refractivity contribution in [3.8, 4) is 5.75 Å². The molecule has 0 radical (unpaired) electrons. The number of carboxylic acid groups (broad SMARTS) is 1. The molecule has 2 rings (SSSR count). The number of amides is 3. The number of phenols is 1. The number of imidazole rings is 1. The third-order valence-electron chi connectivity index (χ3n) is 5.72. The number of aromatic hydroxyl groups is 1. The molecule has 12 N–H and O–H groups in total. The molecule has 0 aliphatic carbocycles. The number of nitrogens with one attached hydrogen (secondary N) is 4. The Morgan fingerprint density at radius 1 is 0.975 bits per heavy atom. The van der Waals surface area contributed by atoms with Crippen molar-refractivity contribution >= 4 is 42.3 Å². The topological polar surface area (TPSA) is 264 Å². The third-order valence-corrected chi connectivity index (χ3v) is 6.09. The van der Waals surface area contributed by atoms with Crippen LogP contribution in [0.1, 0.15) is 24.1 Å². The molecule has 2 aromatic rings. The van der Waals surface area contributed by atoms with E-state index in [-0.39, 0.29) is 43.3 Å². The number of aromatic nitrogens is 2. The Bertz CT molecular complexity index is 1160. The number of hydrogen-bond donors (Lipinski definition) is 10. The van der Waals surface area contributed by atoms with Crippen molar-refractivity contribution in [3.63, 3.8) is 0 Å². The van der Waals surface area contributed by atoms with Crippen molar-refractivity contribution in [3.05, 3.63) is 48.0 Å². The largest absolute Gasteiger partial charge is 0.508 e. The summed E-state index contributed by atoms with van der Waals surface area (Å²) in [6, 6.07) is 1.25. The van der Waals surface area contributed by atoms with Crippen LogP contribution in [0.3, 0.4) is 0 Å². The molecule has 1 aromatic heterocycles. The summed E-state index contributed by atoms with van der Waals surface area (Å²) >= 11 is 4.14. The molecule has 1 heterocycles. The second kappa shape index (κ2) is 15.9. The number of H-pyrrole nitrogens is 1. The fraction of sp³-hybridized carbons (Fsp3) is 0.417. The number of phenolic OH excluding ortho intramolecular Hbond substituents is 1. The quantitative estimate of drug-likeness (QED) is 0.0443. The number of carboxylic acids is 1. The van der Waals surface area contributed by atoms with E-state index < -0.39 is 47.9 Å². The van der Waals surface area contributed by atoms with Crippen LogP contribution in [0, 0.1) is 0 Å². The molecule has 0 aliphatic rings. The van der Waals surface area contributed by atoms with Crippen LogP contribution < -0.4 is 33.2 Å². The third kappa shape index (κ3) is 10.8. The summed E-state index contributed by atoms with van der Waals surface area (Å²) < 4.78 is 0. The van der Waals surface area contributed by atoms with Gasteiger partial charge in [0.2, 0.25) is 17.7 Å². The van der Waals surface area contributed by atoms with E-state index in [1.807, 2.05) is 0 Å². The minimum Gasteiger partial charge on any atom is -0.508 e. The molecule has 16 heteroatoms. The SMILES string of the molecule is NC(N)=NCCCC(N)C(=O)NC(CS)C(=O)NC(Cc1cnc[nH]1)C(=O)NC(Cc1ccc(O)cc1)C(=O)O. The summed E-state index contributed by atoms with van der Waals surface area (Å²) in [6.07, 6.45) is 3.43. The maximum atomic E-state index is 13.2. The zero-order valence-corrected chi connectivity index (χ0v) is 22.5. The first-order valence-electron chi connectivity index (χ1n) is 12.3. The van der Waals surface area contributed by atoms with Gasteiger partial charge >= 0.3 is 5.97 Å². The van der Waals surface area contributed by atoms with E-state index in [0.717, 1.165) is 0 Å². The van der Waals surface area contributed by atoms with Gasteiger partial charge in [-0.3, -0.25) is 19.4 Å². The molecule has 0 spiro atoms. The van der Waals surface area contributed by atoms with Crippen LogP contribution in [-0.2, 0) is 32.0 Å². The highest BCUT2D eigenvalue weighted by atomic mass is 32.1. The first-order chi connectivity index (χ1) is 19.0. The lowest BCUT2D eigenvalue weighted by Crippen LogP contribution is -2.58. The molecule has 15 nitrogen and oxygen atoms in total. The Kier molecular flexibility index (Phi) is 12.7. The van der Waals surface area contributed by atoms with E-state index in [0.29, 0.717) is 17.7 Å². The van der Waals surface area contributed by atoms with E-state index in [2.05, 4.69) is 43.5 Å². The first-order valence-corrected chi connectivity index (χ1v) is 12.9. The monoisotopic (exact) mass is 577 g/mol. The van der Waals surface area contributed by atoms with Crippen molar-refractivity contribution in [1.29, 1.82) is 0 Å². The summed E-state index contributed by atoms with van der Waals surface area (Å²) in [5.41, 5.74) is 17.5. The predicted octanol–water partition coefficient (Wildman–Crippen LogP) is -2.25. The minimum absolute atomic E-state index is 0.0136. The van der Waals surface area contributed by atoms with Gasteiger partial charge in [0.1, 0.15) is 23.9 Å². The minimum atomic E-state index is -1.32. The summed E-state index contributed by atoms with van der Waals surface area (Å²) in [6.45, 7) is 0.286. The van der Waals surface area contributed by atoms with Crippen molar-refractivity contribution in [1.82, 2.24) is 25.9 Å². The number of carbonyl (C=O) groups is 4. The van der Waals surface area contributed by atoms with Crippen LogP contribution in [0.4, 0.5) is 0 Å². The van der Waals surface area contributed by atoms with Crippen molar-refractivity contribution in [2.75, 3.05) is 12.3 Å². The number of carbonyl (C=O) groups excluding carboxylic acids is 3. The van der Waals surface area contributed by atoms with Crippen molar-refractivity contribution < 1.29 is 29.4 Å². The normalized spacial score (nSPS) is 13.8. The maximum Gasteiger partial charge on any atom is 0.326 e. The summed E-state index contributed by atoms with van der Waals surface area (Å²) in [5.74, 6) is -3.55.